The minimum atomic E-state index is -0.168. The van der Waals surface area contributed by atoms with E-state index in [2.05, 4.69) is 9.97 Å². The van der Waals surface area contributed by atoms with E-state index >= 15 is 0 Å². The fourth-order valence-electron chi connectivity index (χ4n) is 0.956. The van der Waals surface area contributed by atoms with Crippen LogP contribution in [0, 0.1) is 0 Å². The molecule has 0 aliphatic rings. The molecule has 3 nitrogen and oxygen atoms in total. The molecule has 0 fully saturated rings. The summed E-state index contributed by atoms with van der Waals surface area (Å²) in [4.78, 5) is 6.52. The van der Waals surface area contributed by atoms with Crippen LogP contribution < -0.4 is 0 Å². The molecule has 2 heterocycles. The highest BCUT2D eigenvalue weighted by Gasteiger charge is 2.00. The van der Waals surface area contributed by atoms with Crippen molar-refractivity contribution in [3.63, 3.8) is 0 Å². The molecule has 10 heavy (non-hydrogen) atoms. The summed E-state index contributed by atoms with van der Waals surface area (Å²) in [5, 5.41) is 11.6. The number of rotatable bonds is 0. The maximum Gasteiger partial charge on any atom is 0.279 e. The number of pyridine rings is 1. The molecule has 1 radical (unpaired) electrons. The van der Waals surface area contributed by atoms with E-state index in [0.717, 1.165) is 5.52 Å². The molecule has 0 aliphatic carbocycles. The fraction of sp³-hybridized carbons (Fsp3) is 0. The van der Waals surface area contributed by atoms with Gasteiger partial charge in [-0.15, -0.1) is 0 Å². The second-order valence-corrected chi connectivity index (χ2v) is 2.06. The zero-order chi connectivity index (χ0) is 6.97. The maximum absolute atomic E-state index is 10.9. The Balaban J connectivity index is 2.95. The van der Waals surface area contributed by atoms with Crippen molar-refractivity contribution >= 4 is 10.9 Å². The average molecular weight is 133 g/mol. The molecule has 0 spiro atoms. The first-order chi connectivity index (χ1) is 4.88. The zero-order valence-corrected chi connectivity index (χ0v) is 5.16. The number of aromatic amines is 1. The van der Waals surface area contributed by atoms with Gasteiger partial charge < -0.3 is 4.98 Å². The molecular weight excluding hydrogens is 128 g/mol. The first kappa shape index (κ1) is 5.29. The molecule has 0 unspecified atom stereocenters. The lowest BCUT2D eigenvalue weighted by atomic mass is 10.3. The van der Waals surface area contributed by atoms with Gasteiger partial charge in [0.2, 0.25) is 0 Å². The van der Waals surface area contributed by atoms with Gasteiger partial charge in [0.25, 0.3) is 5.88 Å². The summed E-state index contributed by atoms with van der Waals surface area (Å²) >= 11 is 0. The van der Waals surface area contributed by atoms with Crippen molar-refractivity contribution in [2.24, 2.45) is 0 Å². The lowest BCUT2D eigenvalue weighted by Gasteiger charge is -1.86. The zero-order valence-electron chi connectivity index (χ0n) is 5.16. The van der Waals surface area contributed by atoms with Crippen LogP contribution in [0.25, 0.3) is 10.9 Å². The number of fused-ring (bicyclic) bond motifs is 1. The highest BCUT2D eigenvalue weighted by Crippen LogP contribution is 2.19. The Kier molecular flexibility index (Phi) is 0.917. The van der Waals surface area contributed by atoms with Crippen molar-refractivity contribution in [1.82, 2.24) is 9.97 Å². The molecule has 0 bridgehead atoms. The smallest absolute Gasteiger partial charge is 0.279 e. The Morgan fingerprint density at radius 2 is 2.30 bits per heavy atom. The lowest BCUT2D eigenvalue weighted by Crippen LogP contribution is -1.71. The quantitative estimate of drug-likeness (QED) is 0.584. The molecule has 1 N–H and O–H groups in total. The van der Waals surface area contributed by atoms with Crippen molar-refractivity contribution in [3.05, 3.63) is 24.5 Å². The summed E-state index contributed by atoms with van der Waals surface area (Å²) in [6.45, 7) is 0. The van der Waals surface area contributed by atoms with E-state index in [1.165, 1.54) is 6.20 Å². The second kappa shape index (κ2) is 1.73. The third-order valence-corrected chi connectivity index (χ3v) is 1.44. The normalized spacial score (nSPS) is 10.4. The molecule has 0 atom stereocenters. The number of hydrogen-bond donors (Lipinski definition) is 1. The Labute approximate surface area is 57.3 Å². The summed E-state index contributed by atoms with van der Waals surface area (Å²) in [5.74, 6) is -0.168. The monoisotopic (exact) mass is 133 g/mol. The maximum atomic E-state index is 10.9. The summed E-state index contributed by atoms with van der Waals surface area (Å²) in [6.07, 6.45) is 3.23. The van der Waals surface area contributed by atoms with Crippen LogP contribution in [0.15, 0.2) is 24.5 Å². The number of nitrogens with zero attached hydrogens (tertiary/aromatic N) is 1. The van der Waals surface area contributed by atoms with Crippen LogP contribution in [0.3, 0.4) is 0 Å². The van der Waals surface area contributed by atoms with E-state index in [1.807, 2.05) is 0 Å². The first-order valence-corrected chi connectivity index (χ1v) is 2.97. The van der Waals surface area contributed by atoms with Gasteiger partial charge in [-0.1, -0.05) is 0 Å². The number of hydrogen-bond acceptors (Lipinski definition) is 1. The lowest BCUT2D eigenvalue weighted by molar-refractivity contribution is 0.343. The van der Waals surface area contributed by atoms with E-state index in [-0.39, 0.29) is 5.88 Å². The van der Waals surface area contributed by atoms with Gasteiger partial charge in [-0.05, 0) is 12.1 Å². The summed E-state index contributed by atoms with van der Waals surface area (Å²) in [6, 6.07) is 3.50. The molecule has 0 aliphatic heterocycles. The standard InChI is InChI=1S/C7H5N2O/c10-7-5-1-3-8-6(5)2-4-9-7/h1-4,8H. The summed E-state index contributed by atoms with van der Waals surface area (Å²) in [7, 11) is 0. The van der Waals surface area contributed by atoms with Crippen LogP contribution in [0.5, 0.6) is 5.88 Å². The van der Waals surface area contributed by atoms with Gasteiger partial charge in [-0.3, -0.25) is 5.11 Å². The Morgan fingerprint density at radius 3 is 3.10 bits per heavy atom. The molecule has 2 aromatic rings. The van der Waals surface area contributed by atoms with Crippen molar-refractivity contribution in [1.29, 1.82) is 0 Å². The molecule has 2 rings (SSSR count). The largest absolute Gasteiger partial charge is 0.361 e. The van der Waals surface area contributed by atoms with Crippen molar-refractivity contribution in [3.8, 4) is 5.88 Å². The van der Waals surface area contributed by atoms with Crippen LogP contribution in [0.4, 0.5) is 0 Å². The van der Waals surface area contributed by atoms with Crippen LogP contribution >= 0.6 is 0 Å². The SMILES string of the molecule is [O]c1nccc2[nH]ccc12. The second-order valence-electron chi connectivity index (χ2n) is 2.06. The van der Waals surface area contributed by atoms with E-state index < -0.39 is 0 Å². The van der Waals surface area contributed by atoms with Gasteiger partial charge in [0, 0.05) is 12.4 Å². The minimum Gasteiger partial charge on any atom is -0.361 e. The topological polar surface area (TPSA) is 48.6 Å². The van der Waals surface area contributed by atoms with E-state index in [0.29, 0.717) is 5.39 Å². The highest BCUT2D eigenvalue weighted by molar-refractivity contribution is 5.83. The third kappa shape index (κ3) is 0.572. The summed E-state index contributed by atoms with van der Waals surface area (Å²) in [5.41, 5.74) is 0.847. The summed E-state index contributed by atoms with van der Waals surface area (Å²) < 4.78 is 0. The Hall–Kier alpha value is -1.51. The molecule has 0 amide bonds. The van der Waals surface area contributed by atoms with Gasteiger partial charge in [0.15, 0.2) is 0 Å². The van der Waals surface area contributed by atoms with E-state index in [1.54, 1.807) is 18.3 Å². The molecule has 0 saturated heterocycles. The van der Waals surface area contributed by atoms with Gasteiger partial charge in [0.05, 0.1) is 10.9 Å². The van der Waals surface area contributed by atoms with Gasteiger partial charge in [0.1, 0.15) is 0 Å². The van der Waals surface area contributed by atoms with E-state index in [9.17, 15) is 5.11 Å². The molecule has 0 aromatic carbocycles. The number of nitrogens with one attached hydrogen (secondary N) is 1. The predicted octanol–water partition coefficient (Wildman–Crippen LogP) is 1.71. The van der Waals surface area contributed by atoms with Crippen molar-refractivity contribution < 1.29 is 5.11 Å². The third-order valence-electron chi connectivity index (χ3n) is 1.44. The molecule has 2 aromatic heterocycles. The molecule has 49 valence electrons. The van der Waals surface area contributed by atoms with E-state index in [4.69, 9.17) is 0 Å². The number of H-pyrrole nitrogens is 1. The molecule has 3 heteroatoms. The van der Waals surface area contributed by atoms with Gasteiger partial charge in [-0.2, -0.15) is 0 Å². The fourth-order valence-corrected chi connectivity index (χ4v) is 0.956. The minimum absolute atomic E-state index is 0.168. The Bertz CT molecular complexity index is 353. The molecular formula is C7H5N2O. The number of aromatic nitrogens is 2. The first-order valence-electron chi connectivity index (χ1n) is 2.97. The van der Waals surface area contributed by atoms with Gasteiger partial charge in [-0.25, -0.2) is 4.98 Å². The average Bonchev–Trinajstić information content (AvgIpc) is 2.36. The molecule has 0 saturated carbocycles. The predicted molar refractivity (Wildman–Crippen MR) is 36.2 cm³/mol. The van der Waals surface area contributed by atoms with Crippen molar-refractivity contribution in [2.75, 3.05) is 0 Å². The van der Waals surface area contributed by atoms with Crippen LogP contribution in [0.1, 0.15) is 0 Å². The van der Waals surface area contributed by atoms with Crippen molar-refractivity contribution in [2.45, 2.75) is 0 Å². The van der Waals surface area contributed by atoms with Gasteiger partial charge >= 0.3 is 0 Å². The highest BCUT2D eigenvalue weighted by atomic mass is 16.3. The van der Waals surface area contributed by atoms with Crippen LogP contribution in [0.2, 0.25) is 0 Å². The van der Waals surface area contributed by atoms with Crippen LogP contribution in [-0.2, 0) is 5.11 Å². The Morgan fingerprint density at radius 1 is 1.40 bits per heavy atom. The van der Waals surface area contributed by atoms with Crippen LogP contribution in [-0.4, -0.2) is 9.97 Å².